The van der Waals surface area contributed by atoms with Gasteiger partial charge in [-0.1, -0.05) is 22.8 Å². The number of rotatable bonds is 2. The first-order valence-electron chi connectivity index (χ1n) is 9.66. The number of hydroxylamine groups is 4. The Balaban J connectivity index is 0.000000502. The van der Waals surface area contributed by atoms with Gasteiger partial charge in [0.2, 0.25) is 0 Å². The minimum atomic E-state index is -0.704. The molecule has 0 spiro atoms. The van der Waals surface area contributed by atoms with E-state index in [4.69, 9.17) is 0 Å². The molecule has 2 aliphatic heterocycles. The van der Waals surface area contributed by atoms with Crippen molar-refractivity contribution in [1.29, 1.82) is 0 Å². The molecule has 0 bridgehead atoms. The lowest BCUT2D eigenvalue weighted by Crippen LogP contribution is -2.31. The van der Waals surface area contributed by atoms with E-state index >= 15 is 0 Å². The molecule has 11 nitrogen and oxygen atoms in total. The van der Waals surface area contributed by atoms with E-state index in [1.165, 1.54) is 17.7 Å². The second kappa shape index (κ2) is 14.9. The minimum absolute atomic E-state index is 0.131. The number of aliphatic imine (C=N–C) groups is 1. The Morgan fingerprint density at radius 3 is 1.50 bits per heavy atom. The zero-order valence-electron chi connectivity index (χ0n) is 19.4. The summed E-state index contributed by atoms with van der Waals surface area (Å²) >= 11 is 4.14. The second-order valence-corrected chi connectivity index (χ2v) is 6.90. The van der Waals surface area contributed by atoms with Crippen LogP contribution in [0, 0.1) is 0 Å². The van der Waals surface area contributed by atoms with Gasteiger partial charge >= 0.3 is 11.9 Å². The smallest absolute Gasteiger partial charge is 0.330 e. The van der Waals surface area contributed by atoms with Crippen LogP contribution >= 0.6 is 12.2 Å². The molecule has 2 aliphatic rings. The predicted molar refractivity (Wildman–Crippen MR) is 123 cm³/mol. The van der Waals surface area contributed by atoms with Gasteiger partial charge < -0.3 is 9.68 Å². The Morgan fingerprint density at radius 2 is 1.21 bits per heavy atom. The van der Waals surface area contributed by atoms with Crippen molar-refractivity contribution in [2.45, 2.75) is 40.5 Å². The van der Waals surface area contributed by atoms with Crippen LogP contribution in [0.25, 0.3) is 0 Å². The normalized spacial score (nSPS) is 13.1. The SMILES string of the molecule is C=C(C)C.CC(=O)ON1C(=O)CCC1=O.CC(=O)ON1C(=O)c2ccccc2C1=O.CN=C=S. The molecule has 34 heavy (non-hydrogen) atoms. The summed E-state index contributed by atoms with van der Waals surface area (Å²) in [5.41, 5.74) is 1.67. The lowest BCUT2D eigenvalue weighted by molar-refractivity contribution is -0.195. The van der Waals surface area contributed by atoms with Gasteiger partial charge in [-0.25, -0.2) is 14.6 Å². The lowest BCUT2D eigenvalue weighted by atomic mass is 10.1. The summed E-state index contributed by atoms with van der Waals surface area (Å²) in [5, 5.41) is 3.13. The van der Waals surface area contributed by atoms with E-state index in [1.54, 1.807) is 19.2 Å². The number of fused-ring (bicyclic) bond motifs is 1. The number of carbonyl (C=O) groups excluding carboxylic acids is 6. The molecule has 0 N–H and O–H groups in total. The number of amides is 4. The van der Waals surface area contributed by atoms with Crippen molar-refractivity contribution >= 4 is 52.9 Å². The zero-order chi connectivity index (χ0) is 26.4. The van der Waals surface area contributed by atoms with Crippen LogP contribution in [0.5, 0.6) is 0 Å². The number of benzene rings is 1. The highest BCUT2D eigenvalue weighted by Gasteiger charge is 2.38. The van der Waals surface area contributed by atoms with Gasteiger partial charge in [0, 0.05) is 33.7 Å². The molecule has 0 saturated carbocycles. The molecule has 0 atom stereocenters. The summed E-state index contributed by atoms with van der Waals surface area (Å²) in [6, 6.07) is 6.31. The van der Waals surface area contributed by atoms with E-state index in [-0.39, 0.29) is 24.0 Å². The molecule has 4 amide bonds. The van der Waals surface area contributed by atoms with Crippen LogP contribution in [0.1, 0.15) is 61.3 Å². The fraction of sp³-hybridized carbons (Fsp3) is 0.318. The van der Waals surface area contributed by atoms with E-state index in [9.17, 15) is 28.8 Å². The Labute approximate surface area is 201 Å². The Hall–Kier alpha value is -4.02. The van der Waals surface area contributed by atoms with Crippen molar-refractivity contribution in [1.82, 2.24) is 10.1 Å². The fourth-order valence-electron chi connectivity index (χ4n) is 2.17. The van der Waals surface area contributed by atoms with Crippen molar-refractivity contribution in [2.24, 2.45) is 4.99 Å². The number of imide groups is 2. The Bertz CT molecular complexity index is 976. The van der Waals surface area contributed by atoms with Crippen LogP contribution in [0.3, 0.4) is 0 Å². The first-order valence-corrected chi connectivity index (χ1v) is 10.1. The van der Waals surface area contributed by atoms with Crippen LogP contribution in [-0.2, 0) is 28.9 Å². The van der Waals surface area contributed by atoms with Crippen LogP contribution in [-0.4, -0.2) is 57.9 Å². The number of nitrogens with zero attached hydrogens (tertiary/aromatic N) is 3. The molecule has 2 heterocycles. The van der Waals surface area contributed by atoms with Gasteiger partial charge in [0.25, 0.3) is 23.6 Å². The molecule has 3 rings (SSSR count). The number of carbonyl (C=O) groups is 6. The van der Waals surface area contributed by atoms with E-state index in [2.05, 4.69) is 38.6 Å². The van der Waals surface area contributed by atoms with E-state index in [0.29, 0.717) is 10.1 Å². The van der Waals surface area contributed by atoms with Crippen molar-refractivity contribution in [3.05, 3.63) is 47.5 Å². The van der Waals surface area contributed by atoms with Crippen LogP contribution in [0.4, 0.5) is 0 Å². The number of isothiocyanates is 1. The summed E-state index contributed by atoms with van der Waals surface area (Å²) in [6.07, 6.45) is 0.262. The highest BCUT2D eigenvalue weighted by molar-refractivity contribution is 7.78. The summed E-state index contributed by atoms with van der Waals surface area (Å²) < 4.78 is 0. The highest BCUT2D eigenvalue weighted by Crippen LogP contribution is 2.22. The number of hydrogen-bond donors (Lipinski definition) is 0. The number of allylic oxidation sites excluding steroid dienone is 1. The summed E-state index contributed by atoms with van der Waals surface area (Å²) in [5.74, 6) is -3.48. The lowest BCUT2D eigenvalue weighted by Gasteiger charge is -2.10. The summed E-state index contributed by atoms with van der Waals surface area (Å²) in [6.45, 7) is 9.77. The van der Waals surface area contributed by atoms with E-state index in [0.717, 1.165) is 13.8 Å². The third kappa shape index (κ3) is 10.1. The van der Waals surface area contributed by atoms with Gasteiger partial charge in [-0.2, -0.15) is 0 Å². The molecule has 0 unspecified atom stereocenters. The molecular weight excluding hydrogens is 466 g/mol. The predicted octanol–water partition coefficient (Wildman–Crippen LogP) is 2.68. The largest absolute Gasteiger partial charge is 0.331 e. The van der Waals surface area contributed by atoms with Gasteiger partial charge in [0.05, 0.1) is 16.3 Å². The molecule has 182 valence electrons. The molecule has 0 aliphatic carbocycles. The van der Waals surface area contributed by atoms with Crippen LogP contribution < -0.4 is 0 Å². The van der Waals surface area contributed by atoms with E-state index < -0.39 is 35.6 Å². The average Bonchev–Trinajstić information content (AvgIpc) is 3.19. The summed E-state index contributed by atoms with van der Waals surface area (Å²) in [4.78, 5) is 77.8. The molecule has 1 fully saturated rings. The highest BCUT2D eigenvalue weighted by atomic mass is 32.1. The third-order valence-corrected chi connectivity index (χ3v) is 3.48. The van der Waals surface area contributed by atoms with Gasteiger partial charge in [0.15, 0.2) is 0 Å². The van der Waals surface area contributed by atoms with Gasteiger partial charge in [-0.3, -0.25) is 19.2 Å². The quantitative estimate of drug-likeness (QED) is 0.264. The first kappa shape index (κ1) is 30.0. The van der Waals surface area contributed by atoms with Gasteiger partial charge in [-0.15, -0.1) is 11.6 Å². The van der Waals surface area contributed by atoms with Crippen molar-refractivity contribution < 1.29 is 38.4 Å². The van der Waals surface area contributed by atoms with Crippen molar-refractivity contribution in [2.75, 3.05) is 7.05 Å². The molecule has 0 radical (unpaired) electrons. The number of thiocarbonyl (C=S) groups is 1. The number of hydrogen-bond acceptors (Lipinski definition) is 10. The van der Waals surface area contributed by atoms with Crippen LogP contribution in [0.2, 0.25) is 0 Å². The maximum absolute atomic E-state index is 11.6. The first-order chi connectivity index (χ1) is 15.9. The molecule has 1 aromatic carbocycles. The molecule has 0 aromatic heterocycles. The topological polar surface area (TPSA) is 140 Å². The monoisotopic (exact) mass is 491 g/mol. The van der Waals surface area contributed by atoms with E-state index in [1.807, 2.05) is 13.8 Å². The zero-order valence-corrected chi connectivity index (χ0v) is 20.3. The molecular formula is C22H25N3O8S. The molecule has 12 heteroatoms. The van der Waals surface area contributed by atoms with Gasteiger partial charge in [0.1, 0.15) is 0 Å². The standard InChI is InChI=1S/C10H7NO4.C6H7NO4.C4H8.C2H3NS/c1-6(12)15-11-9(13)7-4-2-3-5-8(7)10(11)14;1-4(8)11-7-5(9)2-3-6(7)10;1-4(2)3;1-3-2-4/h2-5H,1H3;2-3H2,1H3;1H2,2-3H3;1H3. The summed E-state index contributed by atoms with van der Waals surface area (Å²) in [7, 11) is 1.59. The molecule has 1 saturated heterocycles. The fourth-order valence-corrected chi connectivity index (χ4v) is 2.17. The van der Waals surface area contributed by atoms with Gasteiger partial charge in [-0.05, 0) is 38.2 Å². The molecule has 1 aromatic rings. The minimum Gasteiger partial charge on any atom is -0.331 e. The average molecular weight is 492 g/mol. The van der Waals surface area contributed by atoms with Crippen LogP contribution in [0.15, 0.2) is 41.4 Å². The van der Waals surface area contributed by atoms with Crippen molar-refractivity contribution in [3.8, 4) is 0 Å². The second-order valence-electron chi connectivity index (χ2n) is 6.72. The van der Waals surface area contributed by atoms with Crippen molar-refractivity contribution in [3.63, 3.8) is 0 Å². The Morgan fingerprint density at radius 1 is 0.882 bits per heavy atom. The maximum Gasteiger partial charge on any atom is 0.330 e. The Kier molecular flexibility index (Phi) is 13.2. The third-order valence-electron chi connectivity index (χ3n) is 3.29. The maximum atomic E-state index is 11.6.